The van der Waals surface area contributed by atoms with E-state index in [-0.39, 0.29) is 0 Å². The molecule has 0 spiro atoms. The van der Waals surface area contributed by atoms with Gasteiger partial charge in [-0.05, 0) is 53.0 Å². The first-order valence-electron chi connectivity index (χ1n) is 6.93. The summed E-state index contributed by atoms with van der Waals surface area (Å²) in [5, 5.41) is 15.4. The lowest BCUT2D eigenvalue weighted by Gasteiger charge is -2.21. The number of nitrogens with one attached hydrogen (secondary N) is 1. The van der Waals surface area contributed by atoms with E-state index in [1.54, 1.807) is 20.8 Å². The van der Waals surface area contributed by atoms with E-state index in [4.69, 9.17) is 9.84 Å². The van der Waals surface area contributed by atoms with Crippen molar-refractivity contribution in [2.75, 3.05) is 12.0 Å². The average Bonchev–Trinajstić information content (AvgIpc) is 2.31. The highest BCUT2D eigenvalue weighted by Crippen LogP contribution is 2.08. The Morgan fingerprint density at radius 3 is 2.00 bits per heavy atom. The summed E-state index contributed by atoms with van der Waals surface area (Å²) < 4.78 is 25.2. The number of hydrogen-bond acceptors (Lipinski definition) is 6. The van der Waals surface area contributed by atoms with Crippen molar-refractivity contribution < 1.29 is 27.9 Å². The number of amides is 1. The fourth-order valence-corrected chi connectivity index (χ4v) is 1.41. The molecule has 0 unspecified atom stereocenters. The first kappa shape index (κ1) is 24.3. The summed E-state index contributed by atoms with van der Waals surface area (Å²) in [6.45, 7) is 8.25. The Hall–Kier alpha value is -1.00. The van der Waals surface area contributed by atoms with Crippen LogP contribution < -0.4 is 10.5 Å². The molecule has 0 saturated carbocycles. The lowest BCUT2D eigenvalue weighted by atomic mass is 10.2. The predicted molar refractivity (Wildman–Crippen MR) is 92.0 cm³/mol. The molecule has 0 aliphatic carbocycles. The van der Waals surface area contributed by atoms with Crippen LogP contribution in [0.5, 0.6) is 0 Å². The van der Waals surface area contributed by atoms with Gasteiger partial charge in [0.25, 0.3) is 0 Å². The van der Waals surface area contributed by atoms with Gasteiger partial charge in [-0.15, -0.1) is 0 Å². The van der Waals surface area contributed by atoms with E-state index in [2.05, 4.69) is 10.5 Å². The quantitative estimate of drug-likeness (QED) is 0.641. The Balaban J connectivity index is 0. The molecule has 0 fully saturated rings. The average molecular weight is 373 g/mol. The molecule has 10 heteroatoms. The lowest BCUT2D eigenvalue weighted by Crippen LogP contribution is -2.43. The van der Waals surface area contributed by atoms with E-state index >= 15 is 0 Å². The van der Waals surface area contributed by atoms with Gasteiger partial charge in [0, 0.05) is 0 Å². The Morgan fingerprint density at radius 2 is 1.74 bits per heavy atom. The summed E-state index contributed by atoms with van der Waals surface area (Å²) in [6, 6.07) is -0.887. The highest BCUT2D eigenvalue weighted by Gasteiger charge is 2.23. The number of sulfonamides is 1. The van der Waals surface area contributed by atoms with E-state index in [0.29, 0.717) is 12.2 Å². The van der Waals surface area contributed by atoms with E-state index in [1.165, 1.54) is 25.6 Å². The smallest absolute Gasteiger partial charge is 0.408 e. The summed E-state index contributed by atoms with van der Waals surface area (Å²) in [5.41, 5.74) is -0.618. The van der Waals surface area contributed by atoms with Crippen LogP contribution in [-0.2, 0) is 19.6 Å². The molecule has 1 atom stereocenters. The van der Waals surface area contributed by atoms with E-state index in [0.717, 1.165) is 0 Å². The second kappa shape index (κ2) is 10.7. The molecule has 23 heavy (non-hydrogen) atoms. The summed E-state index contributed by atoms with van der Waals surface area (Å²) in [5.74, 6) is -0.368. The van der Waals surface area contributed by atoms with Gasteiger partial charge in [-0.1, -0.05) is 0 Å². The zero-order chi connectivity index (χ0) is 18.8. The van der Waals surface area contributed by atoms with E-state index < -0.39 is 39.0 Å². The van der Waals surface area contributed by atoms with Crippen LogP contribution in [0.2, 0.25) is 0 Å². The van der Waals surface area contributed by atoms with Crippen LogP contribution in [0.1, 0.15) is 41.0 Å². The normalized spacial score (nSPS) is 12.9. The number of hydrogen-bond donors (Lipinski definition) is 3. The highest BCUT2D eigenvalue weighted by molar-refractivity contribution is 7.98. The highest BCUT2D eigenvalue weighted by atomic mass is 32.2. The van der Waals surface area contributed by atoms with Crippen LogP contribution >= 0.6 is 11.8 Å². The van der Waals surface area contributed by atoms with E-state index in [9.17, 15) is 18.0 Å². The van der Waals surface area contributed by atoms with Gasteiger partial charge in [-0.2, -0.15) is 11.8 Å². The van der Waals surface area contributed by atoms with Crippen molar-refractivity contribution in [1.29, 1.82) is 0 Å². The Kier molecular flexibility index (Phi) is 11.3. The van der Waals surface area contributed by atoms with Crippen molar-refractivity contribution in [2.45, 2.75) is 57.9 Å². The largest absolute Gasteiger partial charge is 0.480 e. The monoisotopic (exact) mass is 372 g/mol. The number of rotatable bonds is 6. The third-order valence-corrected chi connectivity index (χ3v) is 4.21. The van der Waals surface area contributed by atoms with Crippen LogP contribution in [-0.4, -0.2) is 54.5 Å². The van der Waals surface area contributed by atoms with Gasteiger partial charge in [-0.3, -0.25) is 0 Å². The molecule has 0 bridgehead atoms. The minimum Gasteiger partial charge on any atom is -0.480 e. The Bertz CT molecular complexity index is 471. The van der Waals surface area contributed by atoms with Crippen LogP contribution in [0.4, 0.5) is 4.79 Å². The summed E-state index contributed by atoms with van der Waals surface area (Å²) in [4.78, 5) is 22.2. The van der Waals surface area contributed by atoms with Crippen LogP contribution in [0.15, 0.2) is 0 Å². The van der Waals surface area contributed by atoms with Crippen molar-refractivity contribution in [2.24, 2.45) is 5.14 Å². The van der Waals surface area contributed by atoms with E-state index in [1.807, 2.05) is 6.26 Å². The molecule has 0 rings (SSSR count). The molecule has 0 aromatic rings. The Morgan fingerprint density at radius 1 is 1.30 bits per heavy atom. The van der Waals surface area contributed by atoms with Crippen molar-refractivity contribution in [3.8, 4) is 0 Å². The van der Waals surface area contributed by atoms with Crippen molar-refractivity contribution in [3.63, 3.8) is 0 Å². The molecular weight excluding hydrogens is 344 g/mol. The molecule has 138 valence electrons. The molecule has 0 aromatic heterocycles. The molecule has 4 N–H and O–H groups in total. The minimum absolute atomic E-state index is 0.385. The van der Waals surface area contributed by atoms with Crippen molar-refractivity contribution >= 4 is 33.8 Å². The number of thioether (sulfide) groups is 1. The first-order valence-corrected chi connectivity index (χ1v) is 9.94. The standard InChI is InChI=1S/C10H19NO4S.C3H9NO2S/c1-10(2,3)15-9(14)11-7(8(12)13)5-6-16-4;1-3(2)7(4,5)6/h7H,5-6H2,1-4H3,(H,11,14)(H,12,13);3H,1-2H3,(H2,4,5,6)/t7-;/m0./s1. The number of ether oxygens (including phenoxy) is 1. The van der Waals surface area contributed by atoms with Gasteiger partial charge in [0.1, 0.15) is 11.6 Å². The number of carboxylic acids is 1. The molecule has 0 aromatic carbocycles. The maximum atomic E-state index is 11.3. The van der Waals surface area contributed by atoms with Gasteiger partial charge in [0.2, 0.25) is 10.0 Å². The lowest BCUT2D eigenvalue weighted by molar-refractivity contribution is -0.139. The number of carbonyl (C=O) groups is 2. The molecule has 8 nitrogen and oxygen atoms in total. The molecule has 0 aliphatic heterocycles. The first-order chi connectivity index (χ1) is 10.2. The van der Waals surface area contributed by atoms with Gasteiger partial charge in [-0.25, -0.2) is 23.1 Å². The number of alkyl carbamates (subject to hydrolysis) is 1. The van der Waals surface area contributed by atoms with Gasteiger partial charge in [0.05, 0.1) is 5.25 Å². The van der Waals surface area contributed by atoms with Crippen molar-refractivity contribution in [1.82, 2.24) is 5.32 Å². The van der Waals surface area contributed by atoms with Crippen LogP contribution in [0.3, 0.4) is 0 Å². The fraction of sp³-hybridized carbons (Fsp3) is 0.846. The molecule has 1 amide bonds. The third-order valence-electron chi connectivity index (χ3n) is 2.26. The summed E-state index contributed by atoms with van der Waals surface area (Å²) in [7, 11) is -3.24. The number of carboxylic acid groups (broad SMARTS) is 1. The SMILES string of the molecule is CC(C)S(N)(=O)=O.CSCC[C@H](NC(=O)OC(C)(C)C)C(=O)O. The number of nitrogens with two attached hydrogens (primary N) is 1. The second-order valence-electron chi connectivity index (χ2n) is 5.96. The van der Waals surface area contributed by atoms with Gasteiger partial charge >= 0.3 is 12.1 Å². The molecule has 0 saturated heterocycles. The topological polar surface area (TPSA) is 136 Å². The predicted octanol–water partition coefficient (Wildman–Crippen LogP) is 1.40. The molecular formula is C13H28N2O6S2. The number of primary sulfonamides is 1. The maximum absolute atomic E-state index is 11.3. The zero-order valence-electron chi connectivity index (χ0n) is 14.5. The number of carbonyl (C=O) groups excluding carboxylic acids is 1. The summed E-state index contributed by atoms with van der Waals surface area (Å²) in [6.07, 6.45) is 1.57. The van der Waals surface area contributed by atoms with Crippen LogP contribution in [0, 0.1) is 0 Å². The minimum atomic E-state index is -3.24. The third kappa shape index (κ3) is 15.7. The second-order valence-corrected chi connectivity index (χ2v) is 9.06. The molecule has 0 heterocycles. The number of aliphatic carboxylic acids is 1. The van der Waals surface area contributed by atoms with Crippen LogP contribution in [0.25, 0.3) is 0 Å². The van der Waals surface area contributed by atoms with Gasteiger partial charge in [0.15, 0.2) is 0 Å². The molecule has 0 radical (unpaired) electrons. The Labute approximate surface area is 142 Å². The van der Waals surface area contributed by atoms with Crippen molar-refractivity contribution in [3.05, 3.63) is 0 Å². The molecule has 0 aliphatic rings. The summed E-state index contributed by atoms with van der Waals surface area (Å²) >= 11 is 1.53. The van der Waals surface area contributed by atoms with Gasteiger partial charge < -0.3 is 15.2 Å². The fourth-order valence-electron chi connectivity index (χ4n) is 0.943. The zero-order valence-corrected chi connectivity index (χ0v) is 16.1. The maximum Gasteiger partial charge on any atom is 0.408 e.